The van der Waals surface area contributed by atoms with Crippen molar-refractivity contribution in [3.8, 4) is 0 Å². The highest BCUT2D eigenvalue weighted by molar-refractivity contribution is 5.74. The van der Waals surface area contributed by atoms with E-state index in [1.165, 1.54) is 14.0 Å². The van der Waals surface area contributed by atoms with Crippen LogP contribution in [0.25, 0.3) is 0 Å². The quantitative estimate of drug-likeness (QED) is 0.657. The first kappa shape index (κ1) is 11.1. The summed E-state index contributed by atoms with van der Waals surface area (Å²) >= 11 is 0. The van der Waals surface area contributed by atoms with E-state index < -0.39 is 18.8 Å². The van der Waals surface area contributed by atoms with Crippen LogP contribution in [0.3, 0.4) is 0 Å². The van der Waals surface area contributed by atoms with Crippen molar-refractivity contribution in [2.75, 3.05) is 20.3 Å². The summed E-state index contributed by atoms with van der Waals surface area (Å²) in [6.45, 7) is -0.760. The van der Waals surface area contributed by atoms with Crippen molar-refractivity contribution in [2.45, 2.75) is 13.0 Å². The Kier molecular flexibility index (Phi) is 3.85. The monoisotopic (exact) mass is 184 g/mol. The standard InChI is InChI=1S/C6H11F3N2O/c1-3-11(5(12)10-2)6(8,9)4-7/h3-4H2,1-2H3,(H,10,12). The molecule has 0 aliphatic rings. The van der Waals surface area contributed by atoms with Gasteiger partial charge in [-0.15, -0.1) is 0 Å². The second-order valence-electron chi connectivity index (χ2n) is 2.10. The third-order valence-electron chi connectivity index (χ3n) is 1.33. The van der Waals surface area contributed by atoms with Crippen molar-refractivity contribution >= 4 is 6.03 Å². The summed E-state index contributed by atoms with van der Waals surface area (Å²) in [6, 6.07) is -4.70. The molecule has 3 nitrogen and oxygen atoms in total. The summed E-state index contributed by atoms with van der Waals surface area (Å²) in [4.78, 5) is 10.8. The van der Waals surface area contributed by atoms with E-state index >= 15 is 0 Å². The molecule has 0 fully saturated rings. The molecule has 0 radical (unpaired) electrons. The Morgan fingerprint density at radius 3 is 2.33 bits per heavy atom. The second-order valence-corrected chi connectivity index (χ2v) is 2.10. The average molecular weight is 184 g/mol. The average Bonchev–Trinajstić information content (AvgIpc) is 2.05. The Bertz CT molecular complexity index is 163. The lowest BCUT2D eigenvalue weighted by Crippen LogP contribution is -2.50. The fourth-order valence-corrected chi connectivity index (χ4v) is 0.731. The molecule has 0 saturated carbocycles. The summed E-state index contributed by atoms with van der Waals surface area (Å²) in [5.74, 6) is 0. The zero-order chi connectivity index (χ0) is 9.78. The largest absolute Gasteiger partial charge is 0.357 e. The number of carbonyl (C=O) groups excluding carboxylic acids is 1. The minimum Gasteiger partial charge on any atom is -0.341 e. The minimum atomic E-state index is -3.71. The number of carbonyl (C=O) groups is 1. The molecule has 12 heavy (non-hydrogen) atoms. The maximum Gasteiger partial charge on any atom is 0.357 e. The van der Waals surface area contributed by atoms with Gasteiger partial charge in [0, 0.05) is 13.6 Å². The van der Waals surface area contributed by atoms with Gasteiger partial charge in [-0.1, -0.05) is 0 Å². The van der Waals surface area contributed by atoms with Crippen molar-refractivity contribution < 1.29 is 18.0 Å². The smallest absolute Gasteiger partial charge is 0.341 e. The van der Waals surface area contributed by atoms with E-state index in [0.717, 1.165) is 0 Å². The summed E-state index contributed by atoms with van der Waals surface area (Å²) in [7, 11) is 1.21. The zero-order valence-electron chi connectivity index (χ0n) is 6.90. The normalized spacial score (nSPS) is 11.1. The summed E-state index contributed by atoms with van der Waals surface area (Å²) in [5, 5.41) is 2.00. The Morgan fingerprint density at radius 1 is 1.58 bits per heavy atom. The molecule has 0 unspecified atom stereocenters. The molecule has 0 spiro atoms. The van der Waals surface area contributed by atoms with E-state index in [4.69, 9.17) is 0 Å². The van der Waals surface area contributed by atoms with E-state index in [9.17, 15) is 18.0 Å². The third-order valence-corrected chi connectivity index (χ3v) is 1.33. The first-order chi connectivity index (χ1) is 5.49. The summed E-state index contributed by atoms with van der Waals surface area (Å²) in [5.41, 5.74) is 0. The van der Waals surface area contributed by atoms with Crippen LogP contribution in [-0.4, -0.2) is 37.2 Å². The van der Waals surface area contributed by atoms with Crippen molar-refractivity contribution in [2.24, 2.45) is 0 Å². The summed E-state index contributed by atoms with van der Waals surface area (Å²) in [6.07, 6.45) is 0. The maximum absolute atomic E-state index is 12.5. The molecule has 0 rings (SSSR count). The number of rotatable bonds is 3. The molecule has 0 aromatic rings. The highest BCUT2D eigenvalue weighted by atomic mass is 19.3. The van der Waals surface area contributed by atoms with E-state index in [1.807, 2.05) is 5.32 Å². The van der Waals surface area contributed by atoms with Gasteiger partial charge in [-0.2, -0.15) is 8.78 Å². The lowest BCUT2D eigenvalue weighted by atomic mass is 10.5. The molecule has 0 aliphatic carbocycles. The molecule has 1 N–H and O–H groups in total. The number of alkyl halides is 3. The van der Waals surface area contributed by atoms with Gasteiger partial charge < -0.3 is 5.32 Å². The van der Waals surface area contributed by atoms with E-state index in [2.05, 4.69) is 0 Å². The molecule has 0 saturated heterocycles. The third kappa shape index (κ3) is 2.28. The lowest BCUT2D eigenvalue weighted by molar-refractivity contribution is -0.131. The van der Waals surface area contributed by atoms with Crippen molar-refractivity contribution in [1.29, 1.82) is 0 Å². The van der Waals surface area contributed by atoms with Gasteiger partial charge in [0.25, 0.3) is 0 Å². The van der Waals surface area contributed by atoms with Crippen molar-refractivity contribution in [1.82, 2.24) is 10.2 Å². The molecule has 0 aromatic carbocycles. The predicted octanol–water partition coefficient (Wildman–Crippen LogP) is 1.21. The van der Waals surface area contributed by atoms with Gasteiger partial charge in [0.05, 0.1) is 0 Å². The molecular formula is C6H11F3N2O. The molecule has 0 aliphatic heterocycles. The number of halogens is 3. The molecule has 0 atom stereocenters. The zero-order valence-corrected chi connectivity index (χ0v) is 6.90. The molecule has 0 bridgehead atoms. The van der Waals surface area contributed by atoms with Crippen LogP contribution in [0.4, 0.5) is 18.0 Å². The fraction of sp³-hybridized carbons (Fsp3) is 0.833. The predicted molar refractivity (Wildman–Crippen MR) is 37.8 cm³/mol. The first-order valence-electron chi connectivity index (χ1n) is 3.42. The molecule has 0 heterocycles. The Balaban J connectivity index is 4.43. The molecule has 6 heteroatoms. The van der Waals surface area contributed by atoms with Crippen LogP contribution in [0, 0.1) is 0 Å². The fourth-order valence-electron chi connectivity index (χ4n) is 0.731. The van der Waals surface area contributed by atoms with Gasteiger partial charge in [-0.05, 0) is 6.92 Å². The first-order valence-corrected chi connectivity index (χ1v) is 3.42. The minimum absolute atomic E-state index is 0.132. The number of urea groups is 1. The number of hydrogen-bond acceptors (Lipinski definition) is 1. The molecule has 0 aromatic heterocycles. The highest BCUT2D eigenvalue weighted by Gasteiger charge is 2.39. The van der Waals surface area contributed by atoms with Gasteiger partial charge in [-0.25, -0.2) is 9.18 Å². The molecule has 2 amide bonds. The Morgan fingerprint density at radius 2 is 2.08 bits per heavy atom. The van der Waals surface area contributed by atoms with Gasteiger partial charge in [0.2, 0.25) is 0 Å². The number of amides is 2. The van der Waals surface area contributed by atoms with Gasteiger partial charge >= 0.3 is 12.1 Å². The number of hydrogen-bond donors (Lipinski definition) is 1. The highest BCUT2D eigenvalue weighted by Crippen LogP contribution is 2.19. The Hall–Kier alpha value is -0.940. The maximum atomic E-state index is 12.5. The van der Waals surface area contributed by atoms with E-state index in [1.54, 1.807) is 0 Å². The van der Waals surface area contributed by atoms with Crippen molar-refractivity contribution in [3.05, 3.63) is 0 Å². The van der Waals surface area contributed by atoms with Gasteiger partial charge in [0.1, 0.15) is 0 Å². The van der Waals surface area contributed by atoms with Crippen LogP contribution in [0.5, 0.6) is 0 Å². The van der Waals surface area contributed by atoms with Gasteiger partial charge in [-0.3, -0.25) is 4.90 Å². The topological polar surface area (TPSA) is 32.3 Å². The number of nitrogens with zero attached hydrogens (tertiary/aromatic N) is 1. The van der Waals surface area contributed by atoms with E-state index in [0.29, 0.717) is 0 Å². The van der Waals surface area contributed by atoms with Crippen LogP contribution >= 0.6 is 0 Å². The van der Waals surface area contributed by atoms with Crippen LogP contribution in [0.2, 0.25) is 0 Å². The van der Waals surface area contributed by atoms with E-state index in [-0.39, 0.29) is 11.4 Å². The van der Waals surface area contributed by atoms with Crippen LogP contribution in [-0.2, 0) is 0 Å². The second kappa shape index (κ2) is 4.18. The number of nitrogens with one attached hydrogen (secondary N) is 1. The molecule has 72 valence electrons. The van der Waals surface area contributed by atoms with Crippen LogP contribution in [0.15, 0.2) is 0 Å². The Labute approximate surface area is 68.5 Å². The van der Waals surface area contributed by atoms with Gasteiger partial charge in [0.15, 0.2) is 6.67 Å². The molecular weight excluding hydrogens is 173 g/mol. The lowest BCUT2D eigenvalue weighted by Gasteiger charge is -2.27. The SMILES string of the molecule is CCN(C(=O)NC)C(F)(F)CF. The van der Waals surface area contributed by atoms with Crippen LogP contribution < -0.4 is 5.32 Å². The van der Waals surface area contributed by atoms with Crippen molar-refractivity contribution in [3.63, 3.8) is 0 Å². The van der Waals surface area contributed by atoms with Crippen LogP contribution in [0.1, 0.15) is 6.92 Å². The summed E-state index contributed by atoms with van der Waals surface area (Å²) < 4.78 is 36.8.